The van der Waals surface area contributed by atoms with E-state index in [1.165, 1.54) is 0 Å². The third kappa shape index (κ3) is 5.11. The van der Waals surface area contributed by atoms with Crippen molar-refractivity contribution in [3.05, 3.63) is 70.7 Å². The number of carbonyl (C=O) groups excluding carboxylic acids is 2. The average molecular weight is 521 g/mol. The molecule has 0 saturated heterocycles. The maximum absolute atomic E-state index is 13.3. The molecule has 9 heteroatoms. The first kappa shape index (κ1) is 24.6. The van der Waals surface area contributed by atoms with E-state index in [4.69, 9.17) is 26.2 Å². The highest BCUT2D eigenvalue weighted by molar-refractivity contribution is 6.33. The third-order valence-corrected chi connectivity index (χ3v) is 7.02. The van der Waals surface area contributed by atoms with E-state index < -0.39 is 23.6 Å². The van der Waals surface area contributed by atoms with Crippen LogP contribution in [0.4, 0.5) is 11.4 Å². The third-order valence-electron chi connectivity index (χ3n) is 6.71. The second-order valence-electron chi connectivity index (χ2n) is 9.29. The number of Topliss-reactive ketones (excluding diaryl/α,β-unsaturated/α-hetero) is 1. The Labute approximate surface area is 218 Å². The summed E-state index contributed by atoms with van der Waals surface area (Å²) in [5, 5.41) is 15.1. The van der Waals surface area contributed by atoms with Crippen molar-refractivity contribution in [2.45, 2.75) is 31.6 Å². The van der Waals surface area contributed by atoms with E-state index in [2.05, 4.69) is 10.6 Å². The monoisotopic (exact) mass is 520 g/mol. The number of ketones is 1. The normalized spacial score (nSPS) is 14.6. The van der Waals surface area contributed by atoms with Crippen molar-refractivity contribution in [2.75, 3.05) is 24.0 Å². The topological polar surface area (TPSA) is 114 Å². The van der Waals surface area contributed by atoms with E-state index in [9.17, 15) is 14.4 Å². The largest absolute Gasteiger partial charge is 0.481 e. The van der Waals surface area contributed by atoms with Crippen LogP contribution in [0.2, 0.25) is 5.02 Å². The number of benzene rings is 3. The predicted molar refractivity (Wildman–Crippen MR) is 139 cm³/mol. The molecule has 5 rings (SSSR count). The Morgan fingerprint density at radius 2 is 1.78 bits per heavy atom. The Morgan fingerprint density at radius 3 is 2.51 bits per heavy atom. The Bertz CT molecular complexity index is 1420. The second-order valence-corrected chi connectivity index (χ2v) is 9.70. The summed E-state index contributed by atoms with van der Waals surface area (Å²) < 4.78 is 10.9. The number of halogens is 1. The van der Waals surface area contributed by atoms with E-state index >= 15 is 0 Å². The van der Waals surface area contributed by atoms with Gasteiger partial charge >= 0.3 is 5.97 Å². The van der Waals surface area contributed by atoms with Crippen LogP contribution in [0, 0.1) is 6.92 Å². The molecule has 0 radical (unpaired) electrons. The molecular weight excluding hydrogens is 496 g/mol. The standard InChI is InChI=1S/C28H25ClN2O6/c1-16-2-5-19(31-27(35)28(8-9-28)18-4-7-24-25(11-18)37-15-36-24)12-21(16)17-3-6-23(22(29)10-17)30-14-20(32)13-26(33)34/h2-7,10-12,30H,8-9,13-15H2,1H3,(H,31,35)(H,33,34). The molecular formula is C28H25ClN2O6. The first-order valence-corrected chi connectivity index (χ1v) is 12.2. The highest BCUT2D eigenvalue weighted by atomic mass is 35.5. The minimum Gasteiger partial charge on any atom is -0.481 e. The van der Waals surface area contributed by atoms with Crippen LogP contribution in [-0.2, 0) is 19.8 Å². The number of fused-ring (bicyclic) bond motifs is 1. The van der Waals surface area contributed by atoms with Gasteiger partial charge in [-0.1, -0.05) is 29.8 Å². The van der Waals surface area contributed by atoms with Crippen LogP contribution in [0.5, 0.6) is 11.5 Å². The van der Waals surface area contributed by atoms with Crippen molar-refractivity contribution in [3.8, 4) is 22.6 Å². The zero-order valence-electron chi connectivity index (χ0n) is 20.1. The SMILES string of the molecule is Cc1ccc(NC(=O)C2(c3ccc4c(c3)OCO4)CC2)cc1-c1ccc(NCC(=O)CC(=O)O)c(Cl)c1. The van der Waals surface area contributed by atoms with Gasteiger partial charge in [-0.15, -0.1) is 0 Å². The summed E-state index contributed by atoms with van der Waals surface area (Å²) in [7, 11) is 0. The Balaban J connectivity index is 1.31. The van der Waals surface area contributed by atoms with Gasteiger partial charge in [-0.3, -0.25) is 14.4 Å². The number of amides is 1. The van der Waals surface area contributed by atoms with Gasteiger partial charge in [-0.25, -0.2) is 0 Å². The summed E-state index contributed by atoms with van der Waals surface area (Å²) in [4.78, 5) is 35.7. The molecule has 0 unspecified atom stereocenters. The molecule has 0 aromatic heterocycles. The summed E-state index contributed by atoms with van der Waals surface area (Å²) in [6.45, 7) is 2.03. The van der Waals surface area contributed by atoms with Crippen molar-refractivity contribution in [3.63, 3.8) is 0 Å². The van der Waals surface area contributed by atoms with Gasteiger partial charge in [0.2, 0.25) is 12.7 Å². The summed E-state index contributed by atoms with van der Waals surface area (Å²) in [6.07, 6.45) is 0.975. The fourth-order valence-corrected chi connectivity index (χ4v) is 4.73. The average Bonchev–Trinajstić information content (AvgIpc) is 3.54. The van der Waals surface area contributed by atoms with E-state index in [0.29, 0.717) is 27.9 Å². The quantitative estimate of drug-likeness (QED) is 0.333. The highest BCUT2D eigenvalue weighted by Crippen LogP contribution is 2.51. The van der Waals surface area contributed by atoms with Gasteiger partial charge < -0.3 is 25.2 Å². The molecule has 8 nitrogen and oxygen atoms in total. The summed E-state index contributed by atoms with van der Waals surface area (Å²) >= 11 is 6.44. The van der Waals surface area contributed by atoms with Crippen molar-refractivity contribution >= 4 is 40.6 Å². The summed E-state index contributed by atoms with van der Waals surface area (Å²) in [6, 6.07) is 16.8. The minimum atomic E-state index is -1.17. The van der Waals surface area contributed by atoms with Crippen LogP contribution < -0.4 is 20.1 Å². The number of rotatable bonds is 9. The fourth-order valence-electron chi connectivity index (χ4n) is 4.48. The number of aliphatic carboxylic acids is 1. The summed E-state index contributed by atoms with van der Waals surface area (Å²) in [5.41, 5.74) is 4.29. The number of carbonyl (C=O) groups is 3. The van der Waals surface area contributed by atoms with Gasteiger partial charge in [0, 0.05) is 5.69 Å². The Morgan fingerprint density at radius 1 is 1.00 bits per heavy atom. The first-order valence-electron chi connectivity index (χ1n) is 11.8. The number of carboxylic acid groups (broad SMARTS) is 1. The maximum Gasteiger partial charge on any atom is 0.310 e. The van der Waals surface area contributed by atoms with Gasteiger partial charge in [0.05, 0.1) is 22.7 Å². The lowest BCUT2D eigenvalue weighted by atomic mass is 9.94. The molecule has 1 saturated carbocycles. The fraction of sp³-hybridized carbons (Fsp3) is 0.250. The van der Waals surface area contributed by atoms with Gasteiger partial charge in [0.25, 0.3) is 0 Å². The first-order chi connectivity index (χ1) is 17.7. The maximum atomic E-state index is 13.3. The van der Waals surface area contributed by atoms with Gasteiger partial charge in [-0.05, 0) is 78.4 Å². The minimum absolute atomic E-state index is 0.0650. The molecule has 1 aliphatic carbocycles. The molecule has 0 bridgehead atoms. The summed E-state index contributed by atoms with van der Waals surface area (Å²) in [5.74, 6) is -0.324. The number of nitrogens with one attached hydrogen (secondary N) is 2. The number of aryl methyl sites for hydroxylation is 1. The Hall–Kier alpha value is -4.04. The second kappa shape index (κ2) is 9.78. The van der Waals surface area contributed by atoms with Gasteiger partial charge in [0.15, 0.2) is 17.3 Å². The zero-order chi connectivity index (χ0) is 26.2. The van der Waals surface area contributed by atoms with Crippen LogP contribution in [0.1, 0.15) is 30.4 Å². The molecule has 37 heavy (non-hydrogen) atoms. The molecule has 3 aromatic carbocycles. The molecule has 2 aliphatic rings. The number of hydrogen-bond donors (Lipinski definition) is 3. The van der Waals surface area contributed by atoms with Crippen molar-refractivity contribution in [2.24, 2.45) is 0 Å². The zero-order valence-corrected chi connectivity index (χ0v) is 20.9. The van der Waals surface area contributed by atoms with E-state index in [-0.39, 0.29) is 19.2 Å². The van der Waals surface area contributed by atoms with Crippen molar-refractivity contribution < 1.29 is 29.0 Å². The lowest BCUT2D eigenvalue weighted by Crippen LogP contribution is -2.27. The van der Waals surface area contributed by atoms with E-state index in [1.807, 2.05) is 49.4 Å². The Kier molecular flexibility index (Phi) is 6.52. The molecule has 3 N–H and O–H groups in total. The van der Waals surface area contributed by atoms with Crippen LogP contribution in [0.25, 0.3) is 11.1 Å². The molecule has 0 spiro atoms. The lowest BCUT2D eigenvalue weighted by molar-refractivity contribution is -0.139. The van der Waals surface area contributed by atoms with Crippen LogP contribution in [-0.4, -0.2) is 36.1 Å². The smallest absolute Gasteiger partial charge is 0.310 e. The van der Waals surface area contributed by atoms with Gasteiger partial charge in [0.1, 0.15) is 6.42 Å². The molecule has 0 atom stereocenters. The van der Waals surface area contributed by atoms with Crippen molar-refractivity contribution in [1.29, 1.82) is 0 Å². The highest BCUT2D eigenvalue weighted by Gasteiger charge is 2.51. The predicted octanol–water partition coefficient (Wildman–Crippen LogP) is 5.17. The van der Waals surface area contributed by atoms with Crippen LogP contribution in [0.3, 0.4) is 0 Å². The molecule has 1 fully saturated rings. The molecule has 1 heterocycles. The molecule has 190 valence electrons. The number of ether oxygens (including phenoxy) is 2. The molecule has 1 amide bonds. The number of carboxylic acids is 1. The lowest BCUT2D eigenvalue weighted by Gasteiger charge is -2.18. The molecule has 1 aliphatic heterocycles. The van der Waals surface area contributed by atoms with Crippen LogP contribution >= 0.6 is 11.6 Å². The van der Waals surface area contributed by atoms with Crippen molar-refractivity contribution in [1.82, 2.24) is 0 Å². The molecule has 3 aromatic rings. The number of anilines is 2. The van der Waals surface area contributed by atoms with Crippen LogP contribution in [0.15, 0.2) is 54.6 Å². The van der Waals surface area contributed by atoms with E-state index in [1.54, 1.807) is 12.1 Å². The number of hydrogen-bond acceptors (Lipinski definition) is 6. The van der Waals surface area contributed by atoms with Gasteiger partial charge in [-0.2, -0.15) is 0 Å². The van der Waals surface area contributed by atoms with E-state index in [0.717, 1.165) is 35.1 Å².